The van der Waals surface area contributed by atoms with Crippen LogP contribution in [0.15, 0.2) is 71.0 Å². The van der Waals surface area contributed by atoms with Crippen molar-refractivity contribution in [2.24, 2.45) is 51.8 Å². The van der Waals surface area contributed by atoms with Gasteiger partial charge in [0.25, 0.3) is 0 Å². The zero-order valence-corrected chi connectivity index (χ0v) is 38.1. The summed E-state index contributed by atoms with van der Waals surface area (Å²) in [6, 6.07) is 1.95. The Hall–Kier alpha value is -1.39. The molecule has 0 aromatic carbocycles. The quantitative estimate of drug-likeness (QED) is 0.203. The first-order valence-corrected chi connectivity index (χ1v) is 25.6. The first kappa shape index (κ1) is 38.5. The van der Waals surface area contributed by atoms with Gasteiger partial charge in [0.1, 0.15) is 0 Å². The fourth-order valence-electron chi connectivity index (χ4n) is 17.1. The van der Waals surface area contributed by atoms with E-state index < -0.39 is 0 Å². The topological polar surface area (TPSA) is 6.48 Å². The zero-order valence-electron chi connectivity index (χ0n) is 37.3. The SMILES string of the molecule is CC(C)(C)C1=CC2B3C4=C(CC(C(C)(C)C)CC4N4C2C(C1)C1(CCCCC1)C4(C)C)N(C1=CC=CC2C1SC1C=CC=CC12)C1CCC(C2CCCCC2)CC31. The molecule has 0 aromatic rings. The van der Waals surface area contributed by atoms with Crippen molar-refractivity contribution in [1.29, 1.82) is 0 Å². The molecule has 57 heavy (non-hydrogen) atoms. The minimum absolute atomic E-state index is 0.210. The summed E-state index contributed by atoms with van der Waals surface area (Å²) in [6.07, 6.45) is 43.7. The Kier molecular flexibility index (Phi) is 9.16. The van der Waals surface area contributed by atoms with Crippen molar-refractivity contribution in [3.05, 3.63) is 71.0 Å². The monoisotopic (exact) mass is 785 g/mol. The van der Waals surface area contributed by atoms with E-state index >= 15 is 0 Å². The molecule has 12 atom stereocenters. The van der Waals surface area contributed by atoms with Gasteiger partial charge >= 0.3 is 0 Å². The van der Waals surface area contributed by atoms with E-state index in [2.05, 4.69) is 126 Å². The van der Waals surface area contributed by atoms with Crippen LogP contribution >= 0.6 is 11.8 Å². The Morgan fingerprint density at radius 3 is 2.26 bits per heavy atom. The molecule has 2 nitrogen and oxygen atoms in total. The molecule has 6 fully saturated rings. The Morgan fingerprint density at radius 1 is 0.772 bits per heavy atom. The second kappa shape index (κ2) is 13.6. The van der Waals surface area contributed by atoms with Crippen molar-refractivity contribution in [3.8, 4) is 0 Å². The summed E-state index contributed by atoms with van der Waals surface area (Å²) in [4.78, 5) is 6.57. The first-order chi connectivity index (χ1) is 27.3. The Balaban J connectivity index is 1.13. The lowest BCUT2D eigenvalue weighted by Gasteiger charge is -2.64. The third-order valence-electron chi connectivity index (χ3n) is 19.9. The van der Waals surface area contributed by atoms with E-state index in [1.54, 1.807) is 5.70 Å². The average molecular weight is 785 g/mol. The summed E-state index contributed by atoms with van der Waals surface area (Å²) in [5.74, 6) is 6.08. The average Bonchev–Trinajstić information content (AvgIpc) is 3.66. The van der Waals surface area contributed by atoms with Gasteiger partial charge in [-0.3, -0.25) is 4.90 Å². The van der Waals surface area contributed by atoms with Crippen LogP contribution in [0.2, 0.25) is 11.6 Å². The second-order valence-corrected chi connectivity index (χ2v) is 25.8. The fraction of sp³-hybridized carbons (Fsp3) is 0.774. The van der Waals surface area contributed by atoms with Crippen LogP contribution < -0.4 is 0 Å². The van der Waals surface area contributed by atoms with Gasteiger partial charge in [-0.2, -0.15) is 0 Å². The summed E-state index contributed by atoms with van der Waals surface area (Å²) in [5.41, 5.74) is 8.54. The lowest BCUT2D eigenvalue weighted by Crippen LogP contribution is -2.68. The molecule has 4 aliphatic heterocycles. The summed E-state index contributed by atoms with van der Waals surface area (Å²) in [6.45, 7) is 21.8. The van der Waals surface area contributed by atoms with E-state index in [1.807, 2.05) is 16.7 Å². The largest absolute Gasteiger partial charge is 0.346 e. The molecule has 4 heterocycles. The maximum Gasteiger partial charge on any atom is 0.188 e. The molecule has 4 heteroatoms. The highest BCUT2D eigenvalue weighted by atomic mass is 32.2. The normalized spacial score (nSPS) is 43.3. The number of thioether (sulfide) groups is 1. The van der Waals surface area contributed by atoms with Crippen LogP contribution in [0.1, 0.15) is 158 Å². The minimum Gasteiger partial charge on any atom is -0.346 e. The lowest BCUT2D eigenvalue weighted by molar-refractivity contribution is -0.0147. The Labute approximate surface area is 353 Å². The predicted octanol–water partition coefficient (Wildman–Crippen LogP) is 13.6. The molecular weight excluding hydrogens is 707 g/mol. The Bertz CT molecular complexity index is 1800. The van der Waals surface area contributed by atoms with Crippen LogP contribution in [0.3, 0.4) is 0 Å². The zero-order chi connectivity index (χ0) is 39.2. The molecule has 3 saturated carbocycles. The molecule has 0 aromatic heterocycles. The van der Waals surface area contributed by atoms with Crippen molar-refractivity contribution in [3.63, 3.8) is 0 Å². The molecule has 7 aliphatic carbocycles. The molecule has 12 unspecified atom stereocenters. The Morgan fingerprint density at radius 2 is 1.51 bits per heavy atom. The highest BCUT2D eigenvalue weighted by Crippen LogP contribution is 2.72. The second-order valence-electron chi connectivity index (χ2n) is 24.4. The highest BCUT2D eigenvalue weighted by molar-refractivity contribution is 8.01. The predicted molar refractivity (Wildman–Crippen MR) is 244 cm³/mol. The van der Waals surface area contributed by atoms with E-state index in [4.69, 9.17) is 0 Å². The first-order valence-electron chi connectivity index (χ1n) is 24.7. The summed E-state index contributed by atoms with van der Waals surface area (Å²) in [7, 11) is 0. The highest BCUT2D eigenvalue weighted by Gasteiger charge is 2.72. The number of fused-ring (bicyclic) bond motifs is 8. The molecule has 1 spiro atoms. The number of rotatable bonds is 2. The van der Waals surface area contributed by atoms with Gasteiger partial charge in [0, 0.05) is 52.1 Å². The van der Waals surface area contributed by atoms with Gasteiger partial charge in [0.15, 0.2) is 6.71 Å². The van der Waals surface area contributed by atoms with Crippen molar-refractivity contribution < 1.29 is 0 Å². The van der Waals surface area contributed by atoms with Gasteiger partial charge in [-0.05, 0) is 116 Å². The number of hydrogen-bond donors (Lipinski definition) is 0. The number of hydrogen-bond acceptors (Lipinski definition) is 3. The number of nitrogens with zero attached hydrogens (tertiary/aromatic N) is 2. The van der Waals surface area contributed by atoms with Crippen LogP contribution in [0.5, 0.6) is 0 Å². The summed E-state index contributed by atoms with van der Waals surface area (Å²) in [5, 5.41) is 1.17. The smallest absolute Gasteiger partial charge is 0.188 e. The maximum absolute atomic E-state index is 3.36. The van der Waals surface area contributed by atoms with E-state index in [0.717, 1.165) is 30.3 Å². The van der Waals surface area contributed by atoms with Gasteiger partial charge in [0.05, 0.1) is 5.25 Å². The van der Waals surface area contributed by atoms with Gasteiger partial charge in [-0.15, -0.1) is 11.8 Å². The van der Waals surface area contributed by atoms with Crippen molar-refractivity contribution in [2.45, 2.75) is 204 Å². The van der Waals surface area contributed by atoms with Gasteiger partial charge in [-0.25, -0.2) is 0 Å². The van der Waals surface area contributed by atoms with E-state index in [1.165, 1.54) is 103 Å². The number of allylic oxidation sites excluding steroid dienone is 8. The van der Waals surface area contributed by atoms with Crippen LogP contribution in [0.4, 0.5) is 0 Å². The fourth-order valence-corrected chi connectivity index (χ4v) is 18.9. The molecule has 0 N–H and O–H groups in total. The van der Waals surface area contributed by atoms with E-state index in [9.17, 15) is 0 Å². The van der Waals surface area contributed by atoms with Crippen molar-refractivity contribution in [2.75, 3.05) is 0 Å². The van der Waals surface area contributed by atoms with Crippen molar-refractivity contribution in [1.82, 2.24) is 9.80 Å². The van der Waals surface area contributed by atoms with Gasteiger partial charge < -0.3 is 4.90 Å². The molecule has 11 rings (SSSR count). The van der Waals surface area contributed by atoms with E-state index in [0.29, 0.717) is 63.0 Å². The third-order valence-corrected chi connectivity index (χ3v) is 21.5. The summed E-state index contributed by atoms with van der Waals surface area (Å²) >= 11 is 2.32. The summed E-state index contributed by atoms with van der Waals surface area (Å²) < 4.78 is 0. The molecule has 3 saturated heterocycles. The molecule has 0 bridgehead atoms. The van der Waals surface area contributed by atoms with Gasteiger partial charge in [0.2, 0.25) is 0 Å². The maximum atomic E-state index is 3.36. The van der Waals surface area contributed by atoms with Gasteiger partial charge in [-0.1, -0.05) is 153 Å². The molecular formula is C53H77BN2S. The van der Waals surface area contributed by atoms with Crippen LogP contribution in [0.25, 0.3) is 0 Å². The molecule has 11 aliphatic rings. The standard InChI is InChI=1S/C53H77BN2S/c1-50(2,3)35-29-39-48-41(30-35)54-40-28-34(33-18-11-9-12-19-33)24-25-42(40)55(43-22-17-21-38-37-20-13-14-23-46(37)57-49(38)43)44-31-36(51(4,5)6)32-45(47(44)54)56(48)52(7,8)53(39)26-15-10-16-27-53/h13-14,17,20-23,30,33-34,36-42,45-46,48-49H,9-12,15-16,18-19,24-29,31-32H2,1-8H3. The van der Waals surface area contributed by atoms with Crippen LogP contribution in [0, 0.1) is 51.8 Å². The molecule has 0 amide bonds. The third kappa shape index (κ3) is 5.65. The van der Waals surface area contributed by atoms with E-state index in [-0.39, 0.29) is 11.0 Å². The van der Waals surface area contributed by atoms with Crippen LogP contribution in [-0.4, -0.2) is 50.7 Å². The minimum atomic E-state index is 0.210. The molecule has 0 radical (unpaired) electrons. The lowest BCUT2D eigenvalue weighted by atomic mass is 9.21. The molecule has 308 valence electrons. The van der Waals surface area contributed by atoms with Crippen LogP contribution in [-0.2, 0) is 0 Å². The van der Waals surface area contributed by atoms with Crippen molar-refractivity contribution >= 4 is 18.5 Å².